The van der Waals surface area contributed by atoms with Crippen LogP contribution in [0.2, 0.25) is 5.02 Å². The second kappa shape index (κ2) is 7.07. The SMILES string of the molecule is CC(NC(=O)CN1CCNC[C@H]1C)c1ccccc1Cl. The molecule has 0 saturated carbocycles. The number of amides is 1. The van der Waals surface area contributed by atoms with Crippen LogP contribution in [0.15, 0.2) is 24.3 Å². The molecule has 1 aliphatic heterocycles. The molecule has 2 N–H and O–H groups in total. The second-order valence-electron chi connectivity index (χ2n) is 5.33. The van der Waals surface area contributed by atoms with Gasteiger partial charge in [-0.05, 0) is 25.5 Å². The Hall–Kier alpha value is -1.10. The molecule has 1 saturated heterocycles. The van der Waals surface area contributed by atoms with Crippen LogP contribution >= 0.6 is 11.6 Å². The van der Waals surface area contributed by atoms with E-state index in [-0.39, 0.29) is 11.9 Å². The maximum Gasteiger partial charge on any atom is 0.234 e. The van der Waals surface area contributed by atoms with Crippen LogP contribution in [0, 0.1) is 0 Å². The average Bonchev–Trinajstić information content (AvgIpc) is 2.41. The molecule has 110 valence electrons. The Morgan fingerprint density at radius 2 is 2.30 bits per heavy atom. The van der Waals surface area contributed by atoms with E-state index in [9.17, 15) is 4.79 Å². The molecule has 0 spiro atoms. The molecule has 1 fully saturated rings. The molecule has 1 aliphatic rings. The van der Waals surface area contributed by atoms with E-state index in [1.807, 2.05) is 31.2 Å². The quantitative estimate of drug-likeness (QED) is 0.890. The lowest BCUT2D eigenvalue weighted by Gasteiger charge is -2.33. The maximum atomic E-state index is 12.1. The smallest absolute Gasteiger partial charge is 0.234 e. The molecule has 0 aromatic heterocycles. The average molecular weight is 296 g/mol. The minimum Gasteiger partial charge on any atom is -0.348 e. The highest BCUT2D eigenvalue weighted by atomic mass is 35.5. The number of nitrogens with one attached hydrogen (secondary N) is 2. The van der Waals surface area contributed by atoms with Crippen molar-refractivity contribution >= 4 is 17.5 Å². The molecule has 1 aromatic carbocycles. The fourth-order valence-corrected chi connectivity index (χ4v) is 2.79. The van der Waals surface area contributed by atoms with E-state index in [4.69, 9.17) is 11.6 Å². The summed E-state index contributed by atoms with van der Waals surface area (Å²) in [5.74, 6) is 0.0474. The Kier molecular flexibility index (Phi) is 5.40. The van der Waals surface area contributed by atoms with E-state index >= 15 is 0 Å². The molecular weight excluding hydrogens is 274 g/mol. The third-order valence-corrected chi connectivity index (χ3v) is 4.08. The first-order chi connectivity index (χ1) is 9.58. The molecule has 1 heterocycles. The standard InChI is InChI=1S/C15H22ClN3O/c1-11-9-17-7-8-19(11)10-15(20)18-12(2)13-5-3-4-6-14(13)16/h3-6,11-12,17H,7-10H2,1-2H3,(H,18,20)/t11-,12?/m1/s1. The van der Waals surface area contributed by atoms with E-state index < -0.39 is 0 Å². The Morgan fingerprint density at radius 3 is 3.00 bits per heavy atom. The van der Waals surface area contributed by atoms with Gasteiger partial charge in [0, 0.05) is 30.7 Å². The molecule has 0 radical (unpaired) electrons. The third kappa shape index (κ3) is 3.95. The minimum atomic E-state index is -0.0746. The Labute approximate surface area is 125 Å². The fourth-order valence-electron chi connectivity index (χ4n) is 2.49. The third-order valence-electron chi connectivity index (χ3n) is 3.73. The van der Waals surface area contributed by atoms with Crippen molar-refractivity contribution in [2.24, 2.45) is 0 Å². The zero-order valence-electron chi connectivity index (χ0n) is 12.0. The minimum absolute atomic E-state index is 0.0474. The summed E-state index contributed by atoms with van der Waals surface area (Å²) in [6, 6.07) is 7.93. The van der Waals surface area contributed by atoms with Crippen molar-refractivity contribution in [1.82, 2.24) is 15.5 Å². The van der Waals surface area contributed by atoms with Crippen molar-refractivity contribution in [1.29, 1.82) is 0 Å². The lowest BCUT2D eigenvalue weighted by Crippen LogP contribution is -2.52. The Balaban J connectivity index is 1.89. The summed E-state index contributed by atoms with van der Waals surface area (Å²) in [6.07, 6.45) is 0. The van der Waals surface area contributed by atoms with E-state index in [1.165, 1.54) is 0 Å². The molecule has 4 nitrogen and oxygen atoms in total. The van der Waals surface area contributed by atoms with Crippen LogP contribution in [0.25, 0.3) is 0 Å². The summed E-state index contributed by atoms with van der Waals surface area (Å²) in [4.78, 5) is 14.3. The number of carbonyl (C=O) groups excluding carboxylic acids is 1. The van der Waals surface area contributed by atoms with Gasteiger partial charge in [-0.15, -0.1) is 0 Å². The normalized spacial score (nSPS) is 21.4. The molecule has 2 atom stereocenters. The first-order valence-corrected chi connectivity index (χ1v) is 7.44. The van der Waals surface area contributed by atoms with Crippen LogP contribution in [-0.2, 0) is 4.79 Å². The lowest BCUT2D eigenvalue weighted by molar-refractivity contribution is -0.123. The van der Waals surface area contributed by atoms with E-state index in [1.54, 1.807) is 0 Å². The summed E-state index contributed by atoms with van der Waals surface area (Å²) in [6.45, 7) is 7.33. The van der Waals surface area contributed by atoms with Gasteiger partial charge in [0.1, 0.15) is 0 Å². The maximum absolute atomic E-state index is 12.1. The van der Waals surface area contributed by atoms with Crippen molar-refractivity contribution in [3.05, 3.63) is 34.9 Å². The lowest BCUT2D eigenvalue weighted by atomic mass is 10.1. The molecular formula is C15H22ClN3O. The van der Waals surface area contributed by atoms with Gasteiger partial charge in [-0.2, -0.15) is 0 Å². The predicted molar refractivity (Wildman–Crippen MR) is 81.9 cm³/mol. The van der Waals surface area contributed by atoms with Crippen molar-refractivity contribution in [2.75, 3.05) is 26.2 Å². The van der Waals surface area contributed by atoms with Gasteiger partial charge >= 0.3 is 0 Å². The van der Waals surface area contributed by atoms with E-state index in [0.717, 1.165) is 25.2 Å². The van der Waals surface area contributed by atoms with Crippen LogP contribution in [0.3, 0.4) is 0 Å². The number of hydrogen-bond donors (Lipinski definition) is 2. The topological polar surface area (TPSA) is 44.4 Å². The summed E-state index contributed by atoms with van der Waals surface area (Å²) >= 11 is 6.15. The number of carbonyl (C=O) groups is 1. The molecule has 0 bridgehead atoms. The van der Waals surface area contributed by atoms with Crippen molar-refractivity contribution in [3.8, 4) is 0 Å². The highest BCUT2D eigenvalue weighted by Gasteiger charge is 2.21. The fraction of sp³-hybridized carbons (Fsp3) is 0.533. The number of benzene rings is 1. The largest absolute Gasteiger partial charge is 0.348 e. The molecule has 1 amide bonds. The first-order valence-electron chi connectivity index (χ1n) is 7.06. The predicted octanol–water partition coefficient (Wildman–Crippen LogP) is 1.81. The molecule has 1 unspecified atom stereocenters. The monoisotopic (exact) mass is 295 g/mol. The van der Waals surface area contributed by atoms with Crippen LogP contribution < -0.4 is 10.6 Å². The van der Waals surface area contributed by atoms with E-state index in [2.05, 4.69) is 22.5 Å². The van der Waals surface area contributed by atoms with Gasteiger partial charge in [0.25, 0.3) is 0 Å². The van der Waals surface area contributed by atoms with Gasteiger partial charge in [-0.1, -0.05) is 29.8 Å². The van der Waals surface area contributed by atoms with Gasteiger partial charge in [-0.3, -0.25) is 9.69 Å². The summed E-state index contributed by atoms with van der Waals surface area (Å²) in [5.41, 5.74) is 0.955. The number of piperazine rings is 1. The second-order valence-corrected chi connectivity index (χ2v) is 5.74. The summed E-state index contributed by atoms with van der Waals surface area (Å²) < 4.78 is 0. The zero-order valence-corrected chi connectivity index (χ0v) is 12.8. The van der Waals surface area contributed by atoms with E-state index in [0.29, 0.717) is 17.6 Å². The Morgan fingerprint density at radius 1 is 1.55 bits per heavy atom. The van der Waals surface area contributed by atoms with Gasteiger partial charge in [-0.25, -0.2) is 0 Å². The van der Waals surface area contributed by atoms with Crippen molar-refractivity contribution < 1.29 is 4.79 Å². The van der Waals surface area contributed by atoms with Crippen molar-refractivity contribution in [3.63, 3.8) is 0 Å². The molecule has 0 aliphatic carbocycles. The van der Waals surface area contributed by atoms with Crippen LogP contribution in [-0.4, -0.2) is 43.0 Å². The molecule has 1 aromatic rings. The summed E-state index contributed by atoms with van der Waals surface area (Å²) in [7, 11) is 0. The van der Waals surface area contributed by atoms with Crippen LogP contribution in [0.1, 0.15) is 25.5 Å². The van der Waals surface area contributed by atoms with Gasteiger partial charge in [0.15, 0.2) is 0 Å². The number of halogens is 1. The number of hydrogen-bond acceptors (Lipinski definition) is 3. The van der Waals surface area contributed by atoms with Gasteiger partial charge < -0.3 is 10.6 Å². The molecule has 5 heteroatoms. The molecule has 20 heavy (non-hydrogen) atoms. The summed E-state index contributed by atoms with van der Waals surface area (Å²) in [5, 5.41) is 7.03. The highest BCUT2D eigenvalue weighted by Crippen LogP contribution is 2.22. The highest BCUT2D eigenvalue weighted by molar-refractivity contribution is 6.31. The van der Waals surface area contributed by atoms with Crippen LogP contribution in [0.5, 0.6) is 0 Å². The Bertz CT molecular complexity index is 466. The number of nitrogens with zero attached hydrogens (tertiary/aromatic N) is 1. The van der Waals surface area contributed by atoms with Crippen molar-refractivity contribution in [2.45, 2.75) is 25.9 Å². The van der Waals surface area contributed by atoms with Crippen LogP contribution in [0.4, 0.5) is 0 Å². The van der Waals surface area contributed by atoms with Gasteiger partial charge in [0.05, 0.1) is 12.6 Å². The zero-order chi connectivity index (χ0) is 14.5. The first kappa shape index (κ1) is 15.3. The van der Waals surface area contributed by atoms with Gasteiger partial charge in [0.2, 0.25) is 5.91 Å². The number of rotatable bonds is 4. The molecule has 2 rings (SSSR count).